The molecule has 0 aliphatic heterocycles. The summed E-state index contributed by atoms with van der Waals surface area (Å²) in [5.41, 5.74) is 0. The van der Waals surface area contributed by atoms with Crippen molar-refractivity contribution in [3.8, 4) is 0 Å². The van der Waals surface area contributed by atoms with E-state index in [0.717, 1.165) is 0 Å². The Hall–Kier alpha value is 3.69. The molecule has 0 unspecified atom stereocenters. The molecular weight excluding hydrogens is 580 g/mol. The molecule has 0 aliphatic rings. The Bertz CT molecular complexity index is 11.6. The van der Waals surface area contributed by atoms with E-state index < -0.39 is 0 Å². The average Bonchev–Trinajstić information content (AvgIpc) is 0. The van der Waals surface area contributed by atoms with Gasteiger partial charge in [-0.3, -0.25) is 0 Å². The van der Waals surface area contributed by atoms with Gasteiger partial charge < -0.3 is 0 Å². The summed E-state index contributed by atoms with van der Waals surface area (Å²) in [5, 5.41) is 0. The molecule has 0 N–H and O–H groups in total. The zero-order valence-corrected chi connectivity index (χ0v) is 14.5. The van der Waals surface area contributed by atoms with E-state index in [1.807, 2.05) is 0 Å². The van der Waals surface area contributed by atoms with Gasteiger partial charge in [-0.15, -0.1) is 0 Å². The van der Waals surface area contributed by atoms with Crippen LogP contribution in [0, 0.1) is 0 Å². The first-order valence-corrected chi connectivity index (χ1v) is 0. The first kappa shape index (κ1) is 37.8. The minimum Gasteiger partial charge on any atom is 0 e. The summed E-state index contributed by atoms with van der Waals surface area (Å²) in [4.78, 5) is 0. The summed E-state index contributed by atoms with van der Waals surface area (Å²) >= 11 is 0. The Kier molecular flexibility index (Phi) is 191. The first-order chi connectivity index (χ1) is 0. The molecule has 5 heavy (non-hydrogen) atoms. The Labute approximate surface area is 110 Å². The maximum atomic E-state index is 0. The van der Waals surface area contributed by atoms with Crippen LogP contribution in [0.5, 0.6) is 0 Å². The summed E-state index contributed by atoms with van der Waals surface area (Å²) in [6, 6.07) is 0. The van der Waals surface area contributed by atoms with Gasteiger partial charge in [0.2, 0.25) is 0 Å². The zero-order chi connectivity index (χ0) is 0. The fourth-order valence-electron chi connectivity index (χ4n) is 0. The maximum Gasteiger partial charge on any atom is 0 e. The van der Waals surface area contributed by atoms with E-state index in [2.05, 4.69) is 0 Å². The van der Waals surface area contributed by atoms with Gasteiger partial charge in [0.25, 0.3) is 0 Å². The smallest absolute Gasteiger partial charge is 0 e. The summed E-state index contributed by atoms with van der Waals surface area (Å²) < 4.78 is 0. The van der Waals surface area contributed by atoms with Gasteiger partial charge in [0.1, 0.15) is 0 Å². The quantitative estimate of drug-likeness (QED) is 0.261. The maximum absolute atomic E-state index is 0. The van der Waals surface area contributed by atoms with Gasteiger partial charge in [0, 0.05) is 36.5 Å². The molecule has 0 saturated carbocycles. The predicted octanol–water partition coefficient (Wildman–Crippen LogP) is -3.29. The first-order valence-electron chi connectivity index (χ1n) is 0. The van der Waals surface area contributed by atoms with E-state index in [1.54, 1.807) is 0 Å². The Morgan fingerprint density at radius 3 is 1.00 bits per heavy atom. The van der Waals surface area contributed by atoms with E-state index in [0.29, 0.717) is 0 Å². The molecule has 0 heterocycles. The largest absolute Gasteiger partial charge is 0 e. The van der Waals surface area contributed by atoms with Crippen LogP contribution < -0.4 is 0 Å². The van der Waals surface area contributed by atoms with Gasteiger partial charge in [0.15, 0.2) is 0 Å². The fraction of sp³-hybridized carbons (Fsp3) is 0. The van der Waals surface area contributed by atoms with Gasteiger partial charge in [-0.25, -0.2) is 0 Å². The molecule has 0 atom stereocenters. The Balaban J connectivity index is 0. The van der Waals surface area contributed by atoms with Gasteiger partial charge in [-0.05, 0) is 0 Å². The summed E-state index contributed by atoms with van der Waals surface area (Å²) in [5.74, 6) is 0. The van der Waals surface area contributed by atoms with Crippen molar-refractivity contribution in [2.75, 3.05) is 0 Å². The molecule has 0 amide bonds. The van der Waals surface area contributed by atoms with E-state index in [4.69, 9.17) is 0 Å². The Morgan fingerprint density at radius 2 is 1.00 bits per heavy atom. The van der Waals surface area contributed by atoms with Crippen LogP contribution in [-0.2, 0) is 36.5 Å². The molecule has 0 saturated heterocycles. The van der Waals surface area contributed by atoms with Crippen molar-refractivity contribution in [3.63, 3.8) is 0 Å². The molecule has 0 rings (SSSR count). The van der Waals surface area contributed by atoms with Crippen LogP contribution in [0.25, 0.3) is 0 Å². The third-order valence-electron chi connectivity index (χ3n) is 0. The molecule has 0 aromatic heterocycles. The SMILES string of the molecule is [BiH3].[Cu].[InH3].[TeH2].[Zn]. The normalized spacial score (nSPS) is 0. The van der Waals surface area contributed by atoms with Crippen molar-refractivity contribution in [3.05, 3.63) is 0 Å². The van der Waals surface area contributed by atoms with E-state index >= 15 is 0 Å². The molecule has 5 heteroatoms. The van der Waals surface area contributed by atoms with Crippen LogP contribution in [0.15, 0.2) is 0 Å². The summed E-state index contributed by atoms with van der Waals surface area (Å²) in [7, 11) is 0. The van der Waals surface area contributed by atoms with Crippen LogP contribution >= 0.6 is 0 Å². The fourth-order valence-corrected chi connectivity index (χ4v) is 0. The minimum absolute atomic E-state index is 0. The van der Waals surface area contributed by atoms with Gasteiger partial charge in [-0.2, -0.15) is 0 Å². The van der Waals surface area contributed by atoms with Crippen molar-refractivity contribution in [2.24, 2.45) is 0 Å². The minimum atomic E-state index is 0. The van der Waals surface area contributed by atoms with E-state index in [-0.39, 0.29) is 112 Å². The third-order valence-corrected chi connectivity index (χ3v) is 0. The third kappa shape index (κ3) is 18.3. The van der Waals surface area contributed by atoms with E-state index in [9.17, 15) is 0 Å². The van der Waals surface area contributed by atoms with Crippen LogP contribution in [-0.4, -0.2) is 75.7 Å². The molecule has 0 spiro atoms. The van der Waals surface area contributed by atoms with Gasteiger partial charge in [-0.1, -0.05) is 0 Å². The average molecular weight is 588 g/mol. The second-order valence-electron chi connectivity index (χ2n) is 0. The predicted molar refractivity (Wildman–Crippen MR) is 28.4 cm³/mol. The molecule has 0 nitrogen and oxygen atoms in total. The summed E-state index contributed by atoms with van der Waals surface area (Å²) in [6.07, 6.45) is 0. The molecule has 0 bridgehead atoms. The van der Waals surface area contributed by atoms with Crippen LogP contribution in [0.2, 0.25) is 0 Å². The second kappa shape index (κ2) is 25.3. The van der Waals surface area contributed by atoms with Crippen molar-refractivity contribution in [1.29, 1.82) is 0 Å². The number of hydrogen-bond donors (Lipinski definition) is 0. The molecule has 35 valence electrons. The van der Waals surface area contributed by atoms with Crippen molar-refractivity contribution < 1.29 is 36.5 Å². The standard InChI is InChI=1S/Bi.Cu.In.H2Te.Zn.6H/h;;;1H2;;;;;;;. The van der Waals surface area contributed by atoms with Crippen molar-refractivity contribution in [2.45, 2.75) is 0 Å². The van der Waals surface area contributed by atoms with E-state index in [1.165, 1.54) is 0 Å². The molecule has 0 aromatic rings. The van der Waals surface area contributed by atoms with Crippen molar-refractivity contribution >= 4 is 75.7 Å². The second-order valence-corrected chi connectivity index (χ2v) is 0. The van der Waals surface area contributed by atoms with Crippen molar-refractivity contribution in [1.82, 2.24) is 0 Å². The monoisotopic (exact) mass is 589 g/mol. The van der Waals surface area contributed by atoms with Gasteiger partial charge >= 0.3 is 75.7 Å². The Morgan fingerprint density at radius 1 is 1.00 bits per heavy atom. The van der Waals surface area contributed by atoms with Crippen LogP contribution in [0.3, 0.4) is 0 Å². The number of rotatable bonds is 0. The molecule has 0 aromatic carbocycles. The summed E-state index contributed by atoms with van der Waals surface area (Å²) in [6.45, 7) is 0. The zero-order valence-electron chi connectivity index (χ0n) is 2.22. The van der Waals surface area contributed by atoms with Crippen LogP contribution in [0.1, 0.15) is 0 Å². The number of hydrogen-bond acceptors (Lipinski definition) is 0. The molecule has 1 radical (unpaired) electrons. The topological polar surface area (TPSA) is 0 Å². The van der Waals surface area contributed by atoms with Crippen LogP contribution in [0.4, 0.5) is 0 Å². The molecule has 0 aliphatic carbocycles. The van der Waals surface area contributed by atoms with Gasteiger partial charge in [0.05, 0.1) is 0 Å². The molecular formula is H8BiCuInTeZn. The molecule has 0 fully saturated rings.